The number of benzene rings is 2. The molecule has 0 aliphatic carbocycles. The second kappa shape index (κ2) is 11.2. The number of pyridine rings is 1. The lowest BCUT2D eigenvalue weighted by Gasteiger charge is -2.28. The van der Waals surface area contributed by atoms with Gasteiger partial charge < -0.3 is 24.8 Å². The average molecular weight is 544 g/mol. The lowest BCUT2D eigenvalue weighted by atomic mass is 9.96. The number of amides is 1. The Hall–Kier alpha value is -4.24. The van der Waals surface area contributed by atoms with Crippen molar-refractivity contribution in [2.75, 3.05) is 19.0 Å². The van der Waals surface area contributed by atoms with Crippen molar-refractivity contribution in [3.05, 3.63) is 107 Å². The Balaban J connectivity index is 1.45. The molecule has 0 saturated carbocycles. The summed E-state index contributed by atoms with van der Waals surface area (Å²) in [6, 6.07) is 21.3. The largest absolute Gasteiger partial charge is 0.497 e. The number of hydrogen-bond donors (Lipinski definition) is 2. The molecule has 1 aliphatic heterocycles. The topological polar surface area (TPSA) is 71.4 Å². The Kier molecular flexibility index (Phi) is 7.60. The fourth-order valence-corrected chi connectivity index (χ4v) is 5.51. The molecule has 2 aromatic carbocycles. The monoisotopic (exact) mass is 543 g/mol. The van der Waals surface area contributed by atoms with Gasteiger partial charge in [-0.2, -0.15) is 0 Å². The molecule has 200 valence electrons. The summed E-state index contributed by atoms with van der Waals surface area (Å²) in [4.78, 5) is 19.5. The van der Waals surface area contributed by atoms with E-state index in [2.05, 4.69) is 45.0 Å². The summed E-state index contributed by atoms with van der Waals surface area (Å²) >= 11 is 5.79. The van der Waals surface area contributed by atoms with E-state index in [-0.39, 0.29) is 30.2 Å². The zero-order chi connectivity index (χ0) is 27.5. The van der Waals surface area contributed by atoms with Crippen LogP contribution in [0.3, 0.4) is 0 Å². The summed E-state index contributed by atoms with van der Waals surface area (Å²) in [6.45, 7) is 4.58. The van der Waals surface area contributed by atoms with Crippen molar-refractivity contribution in [2.24, 2.45) is 0 Å². The molecule has 2 atom stereocenters. The molecule has 39 heavy (non-hydrogen) atoms. The average Bonchev–Trinajstić information content (AvgIpc) is 3.43. The molecular formula is C30H30FN5O2S. The lowest BCUT2D eigenvalue weighted by Crippen LogP contribution is -2.32. The van der Waals surface area contributed by atoms with Crippen LogP contribution in [0.2, 0.25) is 0 Å². The van der Waals surface area contributed by atoms with Gasteiger partial charge in [0.15, 0.2) is 5.11 Å². The maximum absolute atomic E-state index is 13.3. The predicted molar refractivity (Wildman–Crippen MR) is 154 cm³/mol. The highest BCUT2D eigenvalue weighted by Crippen LogP contribution is 2.41. The molecule has 1 amide bonds. The minimum Gasteiger partial charge on any atom is -0.497 e. The van der Waals surface area contributed by atoms with Crippen LogP contribution >= 0.6 is 12.2 Å². The standard InChI is InChI=1S/C30H30FN5O2S/c1-19-18-25(20(2)36(19)23-11-13-24(38-3)14-12-23)29-28(26-6-4-5-16-32-26)34-30(39)35(29)17-15-27(37)33-22-9-7-21(31)8-10-22/h4-14,16,18,28-29H,15,17H2,1-3H3,(H,33,37)(H,34,39)/t28-,29-/m1/s1. The number of halogens is 1. The first-order valence-electron chi connectivity index (χ1n) is 12.7. The van der Waals surface area contributed by atoms with Gasteiger partial charge >= 0.3 is 0 Å². The molecule has 1 aliphatic rings. The molecule has 0 radical (unpaired) electrons. The molecule has 2 N–H and O–H groups in total. The van der Waals surface area contributed by atoms with E-state index < -0.39 is 0 Å². The Morgan fingerprint density at radius 3 is 2.51 bits per heavy atom. The zero-order valence-electron chi connectivity index (χ0n) is 22.0. The quantitative estimate of drug-likeness (QED) is 0.281. The number of aromatic nitrogens is 2. The van der Waals surface area contributed by atoms with Gasteiger partial charge in [-0.05, 0) is 98.4 Å². The van der Waals surface area contributed by atoms with Crippen molar-refractivity contribution in [3.8, 4) is 11.4 Å². The number of nitrogens with one attached hydrogen (secondary N) is 2. The van der Waals surface area contributed by atoms with Crippen molar-refractivity contribution in [2.45, 2.75) is 32.4 Å². The van der Waals surface area contributed by atoms with Crippen LogP contribution in [0.15, 0.2) is 79.0 Å². The minimum absolute atomic E-state index is 0.173. The summed E-state index contributed by atoms with van der Waals surface area (Å²) < 4.78 is 20.8. The molecule has 1 fully saturated rings. The molecule has 0 spiro atoms. The first kappa shape index (κ1) is 26.4. The number of carbonyl (C=O) groups is 1. The van der Waals surface area contributed by atoms with E-state index in [0.29, 0.717) is 17.3 Å². The van der Waals surface area contributed by atoms with Crippen LogP contribution in [0.4, 0.5) is 10.1 Å². The molecular weight excluding hydrogens is 513 g/mol. The van der Waals surface area contributed by atoms with Crippen LogP contribution in [0.25, 0.3) is 5.69 Å². The summed E-state index contributed by atoms with van der Waals surface area (Å²) in [6.07, 6.45) is 1.98. The second-order valence-corrected chi connectivity index (χ2v) is 9.87. The number of aryl methyl sites for hydroxylation is 1. The van der Waals surface area contributed by atoms with E-state index in [1.54, 1.807) is 25.4 Å². The van der Waals surface area contributed by atoms with Gasteiger partial charge in [0, 0.05) is 41.9 Å². The molecule has 0 bridgehead atoms. The SMILES string of the molecule is COc1ccc(-n2c(C)cc([C@@H]3[C@@H](c4ccccn4)NC(=S)N3CCC(=O)Nc3ccc(F)cc3)c2C)cc1. The van der Waals surface area contributed by atoms with Gasteiger partial charge in [-0.1, -0.05) is 6.07 Å². The molecule has 4 aromatic rings. The highest BCUT2D eigenvalue weighted by Gasteiger charge is 2.41. The van der Waals surface area contributed by atoms with E-state index in [1.807, 2.05) is 42.5 Å². The molecule has 3 heterocycles. The Labute approximate surface area is 232 Å². The van der Waals surface area contributed by atoms with Crippen molar-refractivity contribution >= 4 is 28.9 Å². The third-order valence-corrected chi connectivity index (χ3v) is 7.38. The van der Waals surface area contributed by atoms with Crippen molar-refractivity contribution in [1.82, 2.24) is 19.8 Å². The number of ether oxygens (including phenoxy) is 1. The predicted octanol–water partition coefficient (Wildman–Crippen LogP) is 5.64. The minimum atomic E-state index is -0.350. The maximum atomic E-state index is 13.3. The van der Waals surface area contributed by atoms with Crippen LogP contribution < -0.4 is 15.4 Å². The van der Waals surface area contributed by atoms with Crippen LogP contribution in [0.5, 0.6) is 5.75 Å². The normalized spacial score (nSPS) is 16.7. The smallest absolute Gasteiger partial charge is 0.226 e. The molecule has 9 heteroatoms. The Morgan fingerprint density at radius 1 is 1.10 bits per heavy atom. The first-order chi connectivity index (χ1) is 18.9. The molecule has 0 unspecified atom stereocenters. The molecule has 2 aromatic heterocycles. The number of carbonyl (C=O) groups excluding carboxylic acids is 1. The van der Waals surface area contributed by atoms with Gasteiger partial charge in [0.25, 0.3) is 0 Å². The van der Waals surface area contributed by atoms with Gasteiger partial charge in [0.2, 0.25) is 5.91 Å². The number of rotatable bonds is 8. The lowest BCUT2D eigenvalue weighted by molar-refractivity contribution is -0.116. The van der Waals surface area contributed by atoms with Gasteiger partial charge in [-0.15, -0.1) is 0 Å². The summed E-state index contributed by atoms with van der Waals surface area (Å²) in [7, 11) is 1.65. The summed E-state index contributed by atoms with van der Waals surface area (Å²) in [5.41, 5.74) is 5.72. The number of anilines is 1. The van der Waals surface area contributed by atoms with Crippen molar-refractivity contribution in [1.29, 1.82) is 0 Å². The van der Waals surface area contributed by atoms with Crippen molar-refractivity contribution in [3.63, 3.8) is 0 Å². The highest BCUT2D eigenvalue weighted by molar-refractivity contribution is 7.80. The second-order valence-electron chi connectivity index (χ2n) is 9.48. The van der Waals surface area contributed by atoms with Crippen LogP contribution in [-0.2, 0) is 4.79 Å². The highest BCUT2D eigenvalue weighted by atomic mass is 32.1. The van der Waals surface area contributed by atoms with Crippen LogP contribution in [-0.4, -0.2) is 39.1 Å². The fourth-order valence-electron chi connectivity index (χ4n) is 5.18. The first-order valence-corrected chi connectivity index (χ1v) is 13.1. The third-order valence-electron chi connectivity index (χ3n) is 7.03. The molecule has 5 rings (SSSR count). The summed E-state index contributed by atoms with van der Waals surface area (Å²) in [5.74, 6) is 0.275. The van der Waals surface area contributed by atoms with E-state index in [9.17, 15) is 9.18 Å². The van der Waals surface area contributed by atoms with Crippen molar-refractivity contribution < 1.29 is 13.9 Å². The van der Waals surface area contributed by atoms with Gasteiger partial charge in [-0.3, -0.25) is 9.78 Å². The fraction of sp³-hybridized carbons (Fsp3) is 0.233. The van der Waals surface area contributed by atoms with Gasteiger partial charge in [-0.25, -0.2) is 4.39 Å². The van der Waals surface area contributed by atoms with E-state index in [1.165, 1.54) is 12.1 Å². The third kappa shape index (κ3) is 5.49. The van der Waals surface area contributed by atoms with Gasteiger partial charge in [0.05, 0.1) is 24.9 Å². The molecule has 7 nitrogen and oxygen atoms in total. The van der Waals surface area contributed by atoms with Crippen LogP contribution in [0.1, 0.15) is 41.1 Å². The van der Waals surface area contributed by atoms with Gasteiger partial charge in [0.1, 0.15) is 11.6 Å². The Morgan fingerprint density at radius 2 is 1.85 bits per heavy atom. The van der Waals surface area contributed by atoms with E-state index in [4.69, 9.17) is 17.0 Å². The summed E-state index contributed by atoms with van der Waals surface area (Å²) in [5, 5.41) is 6.86. The molecule has 1 saturated heterocycles. The number of hydrogen-bond acceptors (Lipinski definition) is 4. The number of thiocarbonyl (C=S) groups is 1. The van der Waals surface area contributed by atoms with Crippen LogP contribution in [0, 0.1) is 19.7 Å². The Bertz CT molecular complexity index is 1470. The van der Waals surface area contributed by atoms with E-state index in [0.717, 1.165) is 34.1 Å². The number of methoxy groups -OCH3 is 1. The maximum Gasteiger partial charge on any atom is 0.226 e. The number of nitrogens with zero attached hydrogens (tertiary/aromatic N) is 3. The van der Waals surface area contributed by atoms with E-state index >= 15 is 0 Å². The zero-order valence-corrected chi connectivity index (χ0v) is 22.8.